The van der Waals surface area contributed by atoms with Crippen molar-refractivity contribution in [2.45, 2.75) is 32.9 Å². The van der Waals surface area contributed by atoms with Crippen LogP contribution < -0.4 is 10.6 Å². The molecule has 1 atom stereocenters. The highest BCUT2D eigenvalue weighted by Crippen LogP contribution is 2.13. The maximum atomic E-state index is 11.6. The minimum atomic E-state index is -2.96. The van der Waals surface area contributed by atoms with Crippen LogP contribution in [0.5, 0.6) is 0 Å². The third-order valence-electron chi connectivity index (χ3n) is 3.82. The van der Waals surface area contributed by atoms with Gasteiger partial charge in [-0.05, 0) is 17.9 Å². The predicted octanol–water partition coefficient (Wildman–Crippen LogP) is 2.09. The van der Waals surface area contributed by atoms with E-state index in [1.165, 1.54) is 12.1 Å². The zero-order valence-electron chi connectivity index (χ0n) is 14.8. The van der Waals surface area contributed by atoms with E-state index in [0.717, 1.165) is 5.56 Å². The monoisotopic (exact) mass is 496 g/mol. The van der Waals surface area contributed by atoms with Crippen molar-refractivity contribution >= 4 is 45.5 Å². The maximum absolute atomic E-state index is 11.6. The van der Waals surface area contributed by atoms with E-state index in [1.54, 1.807) is 12.1 Å². The van der Waals surface area contributed by atoms with Crippen LogP contribution in [0.1, 0.15) is 25.8 Å². The lowest BCUT2D eigenvalue weighted by Crippen LogP contribution is -2.45. The topological polar surface area (TPSA) is 114 Å². The number of non-ortho nitro benzene ring substituents is 1. The van der Waals surface area contributed by atoms with Gasteiger partial charge in [0.05, 0.1) is 23.0 Å². The molecule has 1 unspecified atom stereocenters. The smallest absolute Gasteiger partial charge is 0.269 e. The summed E-state index contributed by atoms with van der Waals surface area (Å²) >= 11 is 0. The van der Waals surface area contributed by atoms with Gasteiger partial charge in [-0.1, -0.05) is 26.0 Å². The molecular weight excluding hydrogens is 471 g/mol. The minimum absolute atomic E-state index is 0. The van der Waals surface area contributed by atoms with E-state index < -0.39 is 14.8 Å². The second-order valence-electron chi connectivity index (χ2n) is 6.61. The molecule has 0 bridgehead atoms. The Morgan fingerprint density at radius 2 is 2.00 bits per heavy atom. The van der Waals surface area contributed by atoms with Crippen molar-refractivity contribution in [3.8, 4) is 0 Å². The van der Waals surface area contributed by atoms with Crippen molar-refractivity contribution in [3.63, 3.8) is 0 Å². The lowest BCUT2D eigenvalue weighted by Gasteiger charge is -2.17. The number of nitro groups is 1. The van der Waals surface area contributed by atoms with E-state index in [0.29, 0.717) is 31.4 Å². The molecule has 0 spiro atoms. The molecule has 1 saturated heterocycles. The fourth-order valence-electron chi connectivity index (χ4n) is 2.45. The fourth-order valence-corrected chi connectivity index (χ4v) is 4.12. The van der Waals surface area contributed by atoms with Gasteiger partial charge in [-0.25, -0.2) is 13.4 Å². The first-order valence-electron chi connectivity index (χ1n) is 8.24. The molecule has 2 rings (SSSR count). The first-order chi connectivity index (χ1) is 11.7. The minimum Gasteiger partial charge on any atom is -0.356 e. The molecule has 8 nitrogen and oxygen atoms in total. The molecule has 1 heterocycles. The number of hydrogen-bond donors (Lipinski definition) is 2. The third-order valence-corrected chi connectivity index (χ3v) is 5.59. The normalized spacial score (nSPS) is 19.0. The first-order valence-corrected chi connectivity index (χ1v) is 10.1. The largest absolute Gasteiger partial charge is 0.356 e. The summed E-state index contributed by atoms with van der Waals surface area (Å²) < 4.78 is 23.2. The Labute approximate surface area is 170 Å². The van der Waals surface area contributed by atoms with Crippen LogP contribution in [0, 0.1) is 16.0 Å². The standard InChI is InChI=1S/C16H24N4O4S.HI/c1-12(2)9-17-16(19-14-7-8-25(23,24)11-14)18-10-13-3-5-15(6-4-13)20(21)22;/h3-6,12,14H,7-11H2,1-2H3,(H2,17,18,19);1H. The van der Waals surface area contributed by atoms with Gasteiger partial charge >= 0.3 is 0 Å². The number of sulfone groups is 1. The molecule has 146 valence electrons. The van der Waals surface area contributed by atoms with Gasteiger partial charge in [0.2, 0.25) is 0 Å². The summed E-state index contributed by atoms with van der Waals surface area (Å²) in [6, 6.07) is 6.09. The summed E-state index contributed by atoms with van der Waals surface area (Å²) in [5.74, 6) is 1.30. The van der Waals surface area contributed by atoms with E-state index in [4.69, 9.17) is 0 Å². The molecule has 1 aromatic carbocycles. The van der Waals surface area contributed by atoms with Crippen LogP contribution in [0.3, 0.4) is 0 Å². The molecular formula is C16H25IN4O4S. The number of hydrogen-bond acceptors (Lipinski definition) is 5. The number of guanidine groups is 1. The van der Waals surface area contributed by atoms with Crippen LogP contribution in [0.2, 0.25) is 0 Å². The Kier molecular flexibility index (Phi) is 8.74. The average Bonchev–Trinajstić information content (AvgIpc) is 2.89. The zero-order chi connectivity index (χ0) is 18.4. The molecule has 0 saturated carbocycles. The number of rotatable bonds is 6. The second-order valence-corrected chi connectivity index (χ2v) is 8.84. The van der Waals surface area contributed by atoms with E-state index >= 15 is 0 Å². The number of halogens is 1. The fraction of sp³-hybridized carbons (Fsp3) is 0.562. The molecule has 1 aromatic rings. The Hall–Kier alpha value is -1.43. The molecule has 10 heteroatoms. The molecule has 2 N–H and O–H groups in total. The summed E-state index contributed by atoms with van der Waals surface area (Å²) in [7, 11) is -2.96. The molecule has 0 amide bonds. The van der Waals surface area contributed by atoms with Gasteiger partial charge in [0.1, 0.15) is 0 Å². The van der Waals surface area contributed by atoms with E-state index in [2.05, 4.69) is 29.5 Å². The van der Waals surface area contributed by atoms with Crippen LogP contribution in [-0.2, 0) is 16.4 Å². The average molecular weight is 496 g/mol. The van der Waals surface area contributed by atoms with Gasteiger partial charge in [0, 0.05) is 24.7 Å². The molecule has 1 aliphatic heterocycles. The molecule has 1 fully saturated rings. The second kappa shape index (κ2) is 10.0. The highest BCUT2D eigenvalue weighted by molar-refractivity contribution is 14.0. The Bertz CT molecular complexity index is 735. The number of nitrogens with zero attached hydrogens (tertiary/aromatic N) is 2. The van der Waals surface area contributed by atoms with E-state index in [9.17, 15) is 18.5 Å². The summed E-state index contributed by atoms with van der Waals surface area (Å²) in [4.78, 5) is 14.7. The van der Waals surface area contributed by atoms with Gasteiger partial charge in [-0.2, -0.15) is 0 Å². The Morgan fingerprint density at radius 3 is 2.50 bits per heavy atom. The van der Waals surface area contributed by atoms with Gasteiger partial charge in [0.15, 0.2) is 15.8 Å². The summed E-state index contributed by atoms with van der Waals surface area (Å²) in [6.07, 6.45) is 0.572. The SMILES string of the molecule is CC(C)CNC(=NCc1ccc([N+](=O)[O-])cc1)NC1CCS(=O)(=O)C1.I. The van der Waals surface area contributed by atoms with Gasteiger partial charge < -0.3 is 10.6 Å². The molecule has 1 aliphatic rings. The maximum Gasteiger partial charge on any atom is 0.269 e. The number of benzene rings is 1. The van der Waals surface area contributed by atoms with Gasteiger partial charge in [-0.3, -0.25) is 10.1 Å². The third kappa shape index (κ3) is 7.44. The summed E-state index contributed by atoms with van der Waals surface area (Å²) in [6.45, 7) is 5.21. The van der Waals surface area contributed by atoms with Crippen molar-refractivity contribution in [1.82, 2.24) is 10.6 Å². The van der Waals surface area contributed by atoms with Crippen molar-refractivity contribution in [2.75, 3.05) is 18.1 Å². The van der Waals surface area contributed by atoms with Crippen molar-refractivity contribution in [2.24, 2.45) is 10.9 Å². The van der Waals surface area contributed by atoms with Gasteiger partial charge in [-0.15, -0.1) is 24.0 Å². The van der Waals surface area contributed by atoms with Crippen LogP contribution >= 0.6 is 24.0 Å². The molecule has 0 aromatic heterocycles. The summed E-state index contributed by atoms with van der Waals surface area (Å²) in [5, 5.41) is 17.1. The van der Waals surface area contributed by atoms with Crippen molar-refractivity contribution in [3.05, 3.63) is 39.9 Å². The molecule has 26 heavy (non-hydrogen) atoms. The quantitative estimate of drug-likeness (QED) is 0.205. The van der Waals surface area contributed by atoms with Crippen LogP contribution in [0.4, 0.5) is 5.69 Å². The first kappa shape index (κ1) is 22.6. The Balaban J connectivity index is 0.00000338. The lowest BCUT2D eigenvalue weighted by molar-refractivity contribution is -0.384. The van der Waals surface area contributed by atoms with Crippen LogP contribution in [0.15, 0.2) is 29.3 Å². The van der Waals surface area contributed by atoms with Crippen molar-refractivity contribution < 1.29 is 13.3 Å². The number of aliphatic imine (C=N–C) groups is 1. The Morgan fingerprint density at radius 1 is 1.35 bits per heavy atom. The van der Waals surface area contributed by atoms with Gasteiger partial charge in [0.25, 0.3) is 5.69 Å². The van der Waals surface area contributed by atoms with E-state index in [-0.39, 0.29) is 47.2 Å². The van der Waals surface area contributed by atoms with Crippen LogP contribution in [0.25, 0.3) is 0 Å². The number of nitro benzene ring substituents is 1. The van der Waals surface area contributed by atoms with Crippen molar-refractivity contribution in [1.29, 1.82) is 0 Å². The molecule has 0 radical (unpaired) electrons. The zero-order valence-corrected chi connectivity index (χ0v) is 18.0. The van der Waals surface area contributed by atoms with Crippen LogP contribution in [-0.4, -0.2) is 43.4 Å². The highest BCUT2D eigenvalue weighted by Gasteiger charge is 2.28. The number of nitrogens with one attached hydrogen (secondary N) is 2. The van der Waals surface area contributed by atoms with E-state index in [1.807, 2.05) is 0 Å². The highest BCUT2D eigenvalue weighted by atomic mass is 127. The lowest BCUT2D eigenvalue weighted by atomic mass is 10.2. The summed E-state index contributed by atoms with van der Waals surface area (Å²) in [5.41, 5.74) is 0.885. The molecule has 0 aliphatic carbocycles. The predicted molar refractivity (Wildman–Crippen MR) is 113 cm³/mol.